The van der Waals surface area contributed by atoms with Gasteiger partial charge in [-0.3, -0.25) is 0 Å². The molecule has 1 saturated heterocycles. The molecule has 2 amide bonds. The number of carboxylic acid groups (broad SMARTS) is 1. The number of anilines is 1. The van der Waals surface area contributed by atoms with Crippen molar-refractivity contribution in [2.75, 3.05) is 11.9 Å². The van der Waals surface area contributed by atoms with E-state index in [1.165, 1.54) is 4.90 Å². The predicted molar refractivity (Wildman–Crippen MR) is 84.5 cm³/mol. The zero-order valence-electron chi connectivity index (χ0n) is 12.1. The zero-order valence-corrected chi connectivity index (χ0v) is 13.7. The smallest absolute Gasteiger partial charge is 0.329 e. The van der Waals surface area contributed by atoms with Gasteiger partial charge in [0.05, 0.1) is 0 Å². The lowest BCUT2D eigenvalue weighted by Crippen LogP contribution is -2.54. The first kappa shape index (κ1) is 15.8. The Labute approximate surface area is 132 Å². The molecule has 0 aliphatic carbocycles. The fraction of sp³-hybridized carbons (Fsp3) is 0.467. The van der Waals surface area contributed by atoms with Crippen molar-refractivity contribution in [3.8, 4) is 0 Å². The molecule has 1 aromatic rings. The summed E-state index contributed by atoms with van der Waals surface area (Å²) >= 11 is 3.41. The summed E-state index contributed by atoms with van der Waals surface area (Å²) < 4.78 is 0.968. The van der Waals surface area contributed by atoms with E-state index in [2.05, 4.69) is 21.2 Å². The highest BCUT2D eigenvalue weighted by atomic mass is 79.9. The number of likely N-dealkylation sites (tertiary alicyclic amines) is 1. The maximum absolute atomic E-state index is 12.4. The molecule has 0 spiro atoms. The van der Waals surface area contributed by atoms with Gasteiger partial charge in [-0.15, -0.1) is 0 Å². The molecule has 1 heterocycles. The van der Waals surface area contributed by atoms with Crippen LogP contribution in [0.25, 0.3) is 0 Å². The number of carbonyl (C=O) groups excluding carboxylic acids is 1. The second kappa shape index (κ2) is 6.05. The second-order valence-electron chi connectivity index (χ2n) is 5.34. The third kappa shape index (κ3) is 2.90. The molecule has 1 atom stereocenters. The van der Waals surface area contributed by atoms with Crippen LogP contribution >= 0.6 is 15.9 Å². The van der Waals surface area contributed by atoms with E-state index in [9.17, 15) is 14.7 Å². The molecule has 0 aromatic heterocycles. The molecule has 2 N–H and O–H groups in total. The minimum Gasteiger partial charge on any atom is -0.479 e. The van der Waals surface area contributed by atoms with Crippen molar-refractivity contribution >= 4 is 33.6 Å². The molecule has 1 aliphatic rings. The Balaban J connectivity index is 2.19. The average molecular weight is 355 g/mol. The zero-order chi connectivity index (χ0) is 15.6. The molecule has 1 aliphatic heterocycles. The van der Waals surface area contributed by atoms with E-state index in [-0.39, 0.29) is 6.03 Å². The van der Waals surface area contributed by atoms with Crippen LogP contribution in [0.5, 0.6) is 0 Å². The minimum absolute atomic E-state index is 0.349. The minimum atomic E-state index is -1.07. The van der Waals surface area contributed by atoms with Gasteiger partial charge in [-0.25, -0.2) is 9.59 Å². The SMILES string of the molecule is CCC1(C(=O)O)CCCN1C(=O)Nc1ccc(Br)c(C)c1. The third-order valence-corrected chi connectivity index (χ3v) is 5.02. The van der Waals surface area contributed by atoms with Crippen LogP contribution < -0.4 is 5.32 Å². The lowest BCUT2D eigenvalue weighted by atomic mass is 9.93. The summed E-state index contributed by atoms with van der Waals surface area (Å²) in [6.45, 7) is 4.22. The van der Waals surface area contributed by atoms with E-state index in [0.29, 0.717) is 31.5 Å². The van der Waals surface area contributed by atoms with Crippen molar-refractivity contribution in [2.24, 2.45) is 0 Å². The Morgan fingerprint density at radius 1 is 1.48 bits per heavy atom. The lowest BCUT2D eigenvalue weighted by molar-refractivity contribution is -0.148. The lowest BCUT2D eigenvalue weighted by Gasteiger charge is -2.33. The molecule has 1 fully saturated rings. The van der Waals surface area contributed by atoms with Crippen molar-refractivity contribution in [1.29, 1.82) is 0 Å². The van der Waals surface area contributed by atoms with Gasteiger partial charge in [0.25, 0.3) is 0 Å². The van der Waals surface area contributed by atoms with Gasteiger partial charge in [-0.05, 0) is 49.9 Å². The number of benzene rings is 1. The number of hydrogen-bond donors (Lipinski definition) is 2. The van der Waals surface area contributed by atoms with Gasteiger partial charge in [0.15, 0.2) is 0 Å². The van der Waals surface area contributed by atoms with Crippen LogP contribution in [-0.4, -0.2) is 34.1 Å². The number of halogens is 1. The van der Waals surface area contributed by atoms with Gasteiger partial charge >= 0.3 is 12.0 Å². The Kier molecular flexibility index (Phi) is 4.56. The summed E-state index contributed by atoms with van der Waals surface area (Å²) in [6.07, 6.45) is 1.63. The Hall–Kier alpha value is -1.56. The molecule has 114 valence electrons. The first-order chi connectivity index (χ1) is 9.90. The number of aryl methyl sites for hydroxylation is 1. The van der Waals surface area contributed by atoms with Gasteiger partial charge in [-0.2, -0.15) is 0 Å². The quantitative estimate of drug-likeness (QED) is 0.870. The number of nitrogens with zero attached hydrogens (tertiary/aromatic N) is 1. The van der Waals surface area contributed by atoms with Crippen molar-refractivity contribution in [3.05, 3.63) is 28.2 Å². The monoisotopic (exact) mass is 354 g/mol. The number of carbonyl (C=O) groups is 2. The van der Waals surface area contributed by atoms with Crippen LogP contribution in [0.15, 0.2) is 22.7 Å². The first-order valence-corrected chi connectivity index (χ1v) is 7.78. The highest BCUT2D eigenvalue weighted by Gasteiger charge is 2.48. The van der Waals surface area contributed by atoms with Crippen LogP contribution in [0.2, 0.25) is 0 Å². The van der Waals surface area contributed by atoms with E-state index in [1.54, 1.807) is 6.07 Å². The van der Waals surface area contributed by atoms with Crippen molar-refractivity contribution < 1.29 is 14.7 Å². The molecular formula is C15H19BrN2O3. The van der Waals surface area contributed by atoms with Crippen molar-refractivity contribution in [2.45, 2.75) is 38.6 Å². The predicted octanol–water partition coefficient (Wildman–Crippen LogP) is 3.62. The number of amides is 2. The second-order valence-corrected chi connectivity index (χ2v) is 6.19. The molecule has 1 unspecified atom stereocenters. The molecule has 0 saturated carbocycles. The molecule has 5 nitrogen and oxygen atoms in total. The highest BCUT2D eigenvalue weighted by molar-refractivity contribution is 9.10. The number of urea groups is 1. The molecule has 1 aromatic carbocycles. The molecule has 2 rings (SSSR count). The maximum Gasteiger partial charge on any atom is 0.329 e. The first-order valence-electron chi connectivity index (χ1n) is 6.99. The molecule has 0 bridgehead atoms. The summed E-state index contributed by atoms with van der Waals surface area (Å²) in [6, 6.07) is 5.16. The Morgan fingerprint density at radius 2 is 2.19 bits per heavy atom. The van der Waals surface area contributed by atoms with Crippen LogP contribution in [0.4, 0.5) is 10.5 Å². The van der Waals surface area contributed by atoms with Crippen LogP contribution in [-0.2, 0) is 4.79 Å². The van der Waals surface area contributed by atoms with E-state index in [4.69, 9.17) is 0 Å². The highest BCUT2D eigenvalue weighted by Crippen LogP contribution is 2.33. The van der Waals surface area contributed by atoms with Gasteiger partial charge in [0, 0.05) is 16.7 Å². The van der Waals surface area contributed by atoms with Crippen LogP contribution in [0.1, 0.15) is 31.7 Å². The molecule has 0 radical (unpaired) electrons. The molecule has 6 heteroatoms. The normalized spacial score (nSPS) is 21.4. The van der Waals surface area contributed by atoms with Crippen molar-refractivity contribution in [3.63, 3.8) is 0 Å². The van der Waals surface area contributed by atoms with Crippen LogP contribution in [0.3, 0.4) is 0 Å². The Bertz CT molecular complexity index is 576. The van der Waals surface area contributed by atoms with Crippen LogP contribution in [0, 0.1) is 6.92 Å². The average Bonchev–Trinajstić information content (AvgIpc) is 2.88. The number of hydrogen-bond acceptors (Lipinski definition) is 2. The number of carboxylic acids is 1. The standard InChI is InChI=1S/C15H19BrN2O3/c1-3-15(13(19)20)7-4-8-18(15)14(21)17-11-5-6-12(16)10(2)9-11/h5-6,9H,3-4,7-8H2,1-2H3,(H,17,21)(H,19,20). The fourth-order valence-corrected chi connectivity index (χ4v) is 3.08. The fourth-order valence-electron chi connectivity index (χ4n) is 2.83. The van der Waals surface area contributed by atoms with Crippen molar-refractivity contribution in [1.82, 2.24) is 4.90 Å². The molecular weight excluding hydrogens is 336 g/mol. The Morgan fingerprint density at radius 3 is 2.76 bits per heavy atom. The van der Waals surface area contributed by atoms with E-state index < -0.39 is 11.5 Å². The topological polar surface area (TPSA) is 69.6 Å². The summed E-state index contributed by atoms with van der Waals surface area (Å²) in [5.41, 5.74) is 0.603. The van der Waals surface area contributed by atoms with E-state index in [1.807, 2.05) is 26.0 Å². The summed E-state index contributed by atoms with van der Waals surface area (Å²) in [5, 5.41) is 12.3. The molecule has 21 heavy (non-hydrogen) atoms. The number of rotatable bonds is 3. The van der Waals surface area contributed by atoms with Gasteiger partial charge in [-0.1, -0.05) is 22.9 Å². The largest absolute Gasteiger partial charge is 0.479 e. The van der Waals surface area contributed by atoms with E-state index >= 15 is 0 Å². The van der Waals surface area contributed by atoms with Gasteiger partial charge < -0.3 is 15.3 Å². The van der Waals surface area contributed by atoms with Gasteiger partial charge in [0.2, 0.25) is 0 Å². The number of nitrogens with one attached hydrogen (secondary N) is 1. The number of aliphatic carboxylic acids is 1. The summed E-state index contributed by atoms with van der Waals surface area (Å²) in [4.78, 5) is 25.5. The summed E-state index contributed by atoms with van der Waals surface area (Å²) in [7, 11) is 0. The summed E-state index contributed by atoms with van der Waals surface area (Å²) in [5.74, 6) is -0.926. The van der Waals surface area contributed by atoms with Gasteiger partial charge in [0.1, 0.15) is 5.54 Å². The maximum atomic E-state index is 12.4. The van der Waals surface area contributed by atoms with E-state index in [0.717, 1.165) is 10.0 Å². The third-order valence-electron chi connectivity index (χ3n) is 4.13.